The summed E-state index contributed by atoms with van der Waals surface area (Å²) >= 11 is 0. The summed E-state index contributed by atoms with van der Waals surface area (Å²) in [6.07, 6.45) is 3.73. The number of hydrogen-bond acceptors (Lipinski definition) is 6. The van der Waals surface area contributed by atoms with Crippen molar-refractivity contribution in [1.82, 2.24) is 15.5 Å². The Balaban J connectivity index is 0.00000385. The van der Waals surface area contributed by atoms with E-state index in [4.69, 9.17) is 16.2 Å². The number of primary amides is 1. The summed E-state index contributed by atoms with van der Waals surface area (Å²) < 4.78 is 6.07. The number of halogens is 1. The molecule has 3 aliphatic heterocycles. The van der Waals surface area contributed by atoms with Crippen molar-refractivity contribution in [2.45, 2.75) is 83.0 Å². The maximum absolute atomic E-state index is 13.3. The third-order valence-electron chi connectivity index (χ3n) is 6.96. The molecule has 0 aromatic heterocycles. The highest BCUT2D eigenvalue weighted by atomic mass is 35.5. The first-order valence-electron chi connectivity index (χ1n) is 11.5. The Labute approximate surface area is 201 Å². The first-order valence-corrected chi connectivity index (χ1v) is 11.5. The lowest BCUT2D eigenvalue weighted by Crippen LogP contribution is -2.57. The van der Waals surface area contributed by atoms with Crippen LogP contribution in [0.1, 0.15) is 59.3 Å². The molecule has 3 rings (SSSR count). The molecule has 3 fully saturated rings. The van der Waals surface area contributed by atoms with E-state index >= 15 is 0 Å². The molecule has 5 atom stereocenters. The van der Waals surface area contributed by atoms with E-state index < -0.39 is 41.0 Å². The van der Waals surface area contributed by atoms with Crippen molar-refractivity contribution in [2.24, 2.45) is 22.8 Å². The molecule has 188 valence electrons. The van der Waals surface area contributed by atoms with Gasteiger partial charge in [-0.2, -0.15) is 0 Å². The molecule has 3 saturated heterocycles. The predicted octanol–water partition coefficient (Wildman–Crippen LogP) is -0.182. The van der Waals surface area contributed by atoms with Gasteiger partial charge < -0.3 is 31.7 Å². The molecule has 0 aromatic carbocycles. The van der Waals surface area contributed by atoms with E-state index in [-0.39, 0.29) is 36.6 Å². The zero-order valence-electron chi connectivity index (χ0n) is 19.7. The van der Waals surface area contributed by atoms with Crippen LogP contribution in [0.5, 0.6) is 0 Å². The highest BCUT2D eigenvalue weighted by Gasteiger charge is 2.52. The van der Waals surface area contributed by atoms with Crippen LogP contribution in [0.15, 0.2) is 0 Å². The molecule has 0 aliphatic carbocycles. The average Bonchev–Trinajstić information content (AvgIpc) is 3.30. The number of hydrogen-bond donors (Lipinski definition) is 4. The number of amides is 4. The molecular weight excluding hydrogens is 450 g/mol. The maximum atomic E-state index is 13.3. The molecule has 0 saturated carbocycles. The lowest BCUT2D eigenvalue weighted by Gasteiger charge is -2.35. The molecule has 0 aromatic rings. The zero-order chi connectivity index (χ0) is 23.7. The predicted molar refractivity (Wildman–Crippen MR) is 124 cm³/mol. The fourth-order valence-electron chi connectivity index (χ4n) is 4.83. The van der Waals surface area contributed by atoms with E-state index in [0.29, 0.717) is 32.5 Å². The fourth-order valence-corrected chi connectivity index (χ4v) is 4.83. The van der Waals surface area contributed by atoms with Crippen molar-refractivity contribution in [3.05, 3.63) is 0 Å². The van der Waals surface area contributed by atoms with Crippen molar-refractivity contribution in [2.75, 3.05) is 19.7 Å². The molecule has 33 heavy (non-hydrogen) atoms. The van der Waals surface area contributed by atoms with Crippen molar-refractivity contribution >= 4 is 36.0 Å². The van der Waals surface area contributed by atoms with E-state index in [1.807, 2.05) is 20.8 Å². The number of carbonyl (C=O) groups excluding carboxylic acids is 4. The highest BCUT2D eigenvalue weighted by molar-refractivity contribution is 5.94. The van der Waals surface area contributed by atoms with Crippen LogP contribution in [-0.2, 0) is 23.9 Å². The van der Waals surface area contributed by atoms with Gasteiger partial charge in [-0.15, -0.1) is 12.4 Å². The van der Waals surface area contributed by atoms with E-state index in [0.717, 1.165) is 19.3 Å². The largest absolute Gasteiger partial charge is 0.373 e. The summed E-state index contributed by atoms with van der Waals surface area (Å²) in [5.41, 5.74) is 10.7. The first-order chi connectivity index (χ1) is 14.9. The first kappa shape index (κ1) is 27.3. The van der Waals surface area contributed by atoms with E-state index in [1.165, 1.54) is 4.90 Å². The Kier molecular flexibility index (Phi) is 8.75. The second-order valence-electron chi connectivity index (χ2n) is 10.5. The summed E-state index contributed by atoms with van der Waals surface area (Å²) in [5, 5.41) is 5.43. The Bertz CT molecular complexity index is 765. The molecule has 3 aliphatic rings. The van der Waals surface area contributed by atoms with Gasteiger partial charge in [0.15, 0.2) is 0 Å². The molecule has 10 nitrogen and oxygen atoms in total. The minimum Gasteiger partial charge on any atom is -0.373 e. The number of nitrogens with zero attached hydrogens (tertiary/aromatic N) is 1. The highest BCUT2D eigenvalue weighted by Crippen LogP contribution is 2.38. The monoisotopic (exact) mass is 487 g/mol. The van der Waals surface area contributed by atoms with Crippen LogP contribution in [0.3, 0.4) is 0 Å². The van der Waals surface area contributed by atoms with Gasteiger partial charge in [-0.25, -0.2) is 0 Å². The van der Waals surface area contributed by atoms with Crippen molar-refractivity contribution in [3.63, 3.8) is 0 Å². The Morgan fingerprint density at radius 2 is 2.00 bits per heavy atom. The van der Waals surface area contributed by atoms with Gasteiger partial charge in [0.2, 0.25) is 23.6 Å². The standard InChI is InChI=1S/C22H37N5O5.ClH/c1-21(2,3)16(23)20(31)27-12-22(7-4-5-9-32-22)11-15(27)19(30)26-14(17(24)28)10-13-6-8-25-18(13)29;/h13-16H,4-12,23H2,1-3H3,(H2,24,28)(H,25,29)(H,26,30);1H/t13-,14-,15?,16+,22?;/m0./s1. The van der Waals surface area contributed by atoms with Gasteiger partial charge in [-0.05, 0) is 37.5 Å². The molecule has 11 heteroatoms. The van der Waals surface area contributed by atoms with Gasteiger partial charge in [0.05, 0.1) is 18.2 Å². The fraction of sp³-hybridized carbons (Fsp3) is 0.818. The molecule has 0 radical (unpaired) electrons. The Morgan fingerprint density at radius 1 is 1.30 bits per heavy atom. The second kappa shape index (κ2) is 10.6. The molecule has 2 unspecified atom stereocenters. The van der Waals surface area contributed by atoms with Crippen LogP contribution in [0, 0.1) is 11.3 Å². The maximum Gasteiger partial charge on any atom is 0.243 e. The summed E-state index contributed by atoms with van der Waals surface area (Å²) in [6.45, 7) is 7.05. The second-order valence-corrected chi connectivity index (χ2v) is 10.5. The Hall–Kier alpha value is -1.91. The number of nitrogens with one attached hydrogen (secondary N) is 2. The van der Waals surface area contributed by atoms with Gasteiger partial charge in [0, 0.05) is 25.5 Å². The summed E-state index contributed by atoms with van der Waals surface area (Å²) in [7, 11) is 0. The SMILES string of the molecule is CC(C)(C)[C@H](N)C(=O)N1CC2(CCCCO2)CC1C(=O)N[C@@H](C[C@@H]1CCNC1=O)C(N)=O.Cl. The van der Waals surface area contributed by atoms with Crippen LogP contribution < -0.4 is 22.1 Å². The van der Waals surface area contributed by atoms with Crippen LogP contribution in [0.2, 0.25) is 0 Å². The minimum absolute atomic E-state index is 0. The van der Waals surface area contributed by atoms with Gasteiger partial charge in [0.25, 0.3) is 0 Å². The van der Waals surface area contributed by atoms with E-state index in [1.54, 1.807) is 0 Å². The molecule has 1 spiro atoms. The van der Waals surface area contributed by atoms with Gasteiger partial charge in [-0.1, -0.05) is 20.8 Å². The number of nitrogens with two attached hydrogens (primary N) is 2. The van der Waals surface area contributed by atoms with Gasteiger partial charge >= 0.3 is 0 Å². The summed E-state index contributed by atoms with van der Waals surface area (Å²) in [5.74, 6) is -2.00. The third-order valence-corrected chi connectivity index (χ3v) is 6.96. The summed E-state index contributed by atoms with van der Waals surface area (Å²) in [4.78, 5) is 52.1. The molecule has 3 heterocycles. The zero-order valence-corrected chi connectivity index (χ0v) is 20.5. The van der Waals surface area contributed by atoms with Crippen molar-refractivity contribution in [1.29, 1.82) is 0 Å². The van der Waals surface area contributed by atoms with Gasteiger partial charge in [-0.3, -0.25) is 19.2 Å². The summed E-state index contributed by atoms with van der Waals surface area (Å²) in [6, 6.07) is -2.59. The quantitative estimate of drug-likeness (QED) is 0.407. The van der Waals surface area contributed by atoms with Crippen LogP contribution in [0.4, 0.5) is 0 Å². The van der Waals surface area contributed by atoms with Crippen LogP contribution in [0.25, 0.3) is 0 Å². The normalized spacial score (nSPS) is 29.2. The van der Waals surface area contributed by atoms with E-state index in [9.17, 15) is 19.2 Å². The number of rotatable bonds is 6. The third kappa shape index (κ3) is 6.16. The molecule has 0 bridgehead atoms. The molecule has 4 amide bonds. The lowest BCUT2D eigenvalue weighted by molar-refractivity contribution is -0.142. The molecular formula is C22H38ClN5O5. The number of carbonyl (C=O) groups is 4. The van der Waals surface area contributed by atoms with Crippen molar-refractivity contribution < 1.29 is 23.9 Å². The topological polar surface area (TPSA) is 157 Å². The smallest absolute Gasteiger partial charge is 0.243 e. The Morgan fingerprint density at radius 3 is 2.52 bits per heavy atom. The van der Waals surface area contributed by atoms with Crippen molar-refractivity contribution in [3.8, 4) is 0 Å². The lowest BCUT2D eigenvalue weighted by atomic mass is 9.86. The number of ether oxygens (including phenoxy) is 1. The number of likely N-dealkylation sites (tertiary alicyclic amines) is 1. The van der Waals surface area contributed by atoms with E-state index in [2.05, 4.69) is 10.6 Å². The molecule has 6 N–H and O–H groups in total. The van der Waals surface area contributed by atoms with Gasteiger partial charge in [0.1, 0.15) is 12.1 Å². The van der Waals surface area contributed by atoms with Crippen LogP contribution >= 0.6 is 12.4 Å². The average molecular weight is 488 g/mol. The van der Waals surface area contributed by atoms with Crippen LogP contribution in [-0.4, -0.2) is 72.0 Å². The minimum atomic E-state index is -0.992.